The van der Waals surface area contributed by atoms with Gasteiger partial charge in [-0.15, -0.1) is 0 Å². The lowest BCUT2D eigenvalue weighted by atomic mass is 10.0. The molecular weight excluding hydrogens is 524 g/mol. The van der Waals surface area contributed by atoms with E-state index in [1.807, 2.05) is 70.2 Å². The fourth-order valence-electron chi connectivity index (χ4n) is 5.00. The Kier molecular flexibility index (Phi) is 8.18. The highest BCUT2D eigenvalue weighted by Crippen LogP contribution is 2.40. The van der Waals surface area contributed by atoms with Crippen LogP contribution in [0.4, 0.5) is 11.6 Å². The molecule has 0 aliphatic carbocycles. The summed E-state index contributed by atoms with van der Waals surface area (Å²) in [6, 6.07) is 13.6. The maximum Gasteiger partial charge on any atom is 0.233 e. The Morgan fingerprint density at radius 3 is 2.60 bits per heavy atom. The summed E-state index contributed by atoms with van der Waals surface area (Å²) in [5.74, 6) is 1.64. The smallest absolute Gasteiger partial charge is 0.233 e. The number of nitrogens with one attached hydrogen (secondary N) is 3. The first-order valence-electron chi connectivity index (χ1n) is 13.7. The third-order valence-electron chi connectivity index (χ3n) is 6.90. The number of pyridine rings is 1. The molecule has 1 aliphatic rings. The highest BCUT2D eigenvalue weighted by Gasteiger charge is 2.20. The molecule has 0 spiro atoms. The van der Waals surface area contributed by atoms with Gasteiger partial charge in [-0.3, -0.25) is 4.72 Å². The maximum absolute atomic E-state index is 12.8. The van der Waals surface area contributed by atoms with Gasteiger partial charge in [-0.05, 0) is 68.5 Å². The zero-order valence-corrected chi connectivity index (χ0v) is 24.2. The molecule has 10 heteroatoms. The second-order valence-corrected chi connectivity index (χ2v) is 12.5. The van der Waals surface area contributed by atoms with E-state index in [1.54, 1.807) is 12.4 Å². The van der Waals surface area contributed by atoms with Crippen LogP contribution in [0.3, 0.4) is 0 Å². The number of benzene rings is 2. The molecule has 2 aromatic heterocycles. The van der Waals surface area contributed by atoms with Crippen molar-refractivity contribution in [3.63, 3.8) is 0 Å². The van der Waals surface area contributed by atoms with Crippen LogP contribution in [0.2, 0.25) is 0 Å². The van der Waals surface area contributed by atoms with Gasteiger partial charge in [-0.2, -0.15) is 0 Å². The number of anilines is 2. The van der Waals surface area contributed by atoms with Crippen LogP contribution in [0.5, 0.6) is 11.6 Å². The monoisotopic (exact) mass is 560 g/mol. The zero-order chi connectivity index (χ0) is 28.3. The van der Waals surface area contributed by atoms with E-state index in [1.165, 1.54) is 0 Å². The molecule has 2 aromatic carbocycles. The second-order valence-electron chi connectivity index (χ2n) is 10.8. The largest absolute Gasteiger partial charge is 0.437 e. The summed E-state index contributed by atoms with van der Waals surface area (Å²) in [7, 11) is -3.51. The van der Waals surface area contributed by atoms with Gasteiger partial charge in [0.1, 0.15) is 5.75 Å². The van der Waals surface area contributed by atoms with Crippen molar-refractivity contribution < 1.29 is 13.2 Å². The van der Waals surface area contributed by atoms with Gasteiger partial charge >= 0.3 is 0 Å². The standard InChI is InChI=1S/C30H36N6O3S/c1-19(2)18-40(37,38)36-27-20(3)9-12-24-23(27)11-10-21(4)28(24)39-29-25(8-6-15-32-29)26-13-16-33-30(35-26)34-22-7-5-14-31-17-22/h6,8-13,15-16,19,22,31,36H,5,7,14,17-18H2,1-4H3,(H,33,34,35). The number of aromatic nitrogens is 3. The minimum Gasteiger partial charge on any atom is -0.437 e. The van der Waals surface area contributed by atoms with Crippen molar-refractivity contribution in [2.24, 2.45) is 5.92 Å². The molecular formula is C30H36N6O3S. The summed E-state index contributed by atoms with van der Waals surface area (Å²) >= 11 is 0. The van der Waals surface area contributed by atoms with Gasteiger partial charge in [0.2, 0.25) is 21.9 Å². The molecule has 0 bridgehead atoms. The molecule has 0 saturated carbocycles. The van der Waals surface area contributed by atoms with Crippen LogP contribution < -0.4 is 20.1 Å². The predicted molar refractivity (Wildman–Crippen MR) is 161 cm³/mol. The second kappa shape index (κ2) is 11.8. The Hall–Kier alpha value is -3.76. The number of nitrogens with zero attached hydrogens (tertiary/aromatic N) is 3. The normalized spacial score (nSPS) is 15.8. The van der Waals surface area contributed by atoms with Crippen molar-refractivity contribution in [2.75, 3.05) is 28.9 Å². The number of rotatable bonds is 9. The number of sulfonamides is 1. The van der Waals surface area contributed by atoms with Crippen LogP contribution in [-0.2, 0) is 10.0 Å². The average molecular weight is 561 g/mol. The maximum atomic E-state index is 12.8. The fourth-order valence-corrected chi connectivity index (χ4v) is 6.55. The number of aryl methyl sites for hydroxylation is 2. The van der Waals surface area contributed by atoms with E-state index < -0.39 is 10.0 Å². The van der Waals surface area contributed by atoms with E-state index in [2.05, 4.69) is 25.3 Å². The van der Waals surface area contributed by atoms with E-state index in [9.17, 15) is 8.42 Å². The average Bonchev–Trinajstić information content (AvgIpc) is 2.92. The lowest BCUT2D eigenvalue weighted by molar-refractivity contribution is 0.466. The molecule has 1 atom stereocenters. The van der Waals surface area contributed by atoms with Gasteiger partial charge < -0.3 is 15.4 Å². The molecule has 0 radical (unpaired) electrons. The third-order valence-corrected chi connectivity index (χ3v) is 8.52. The molecule has 0 amide bonds. The van der Waals surface area contributed by atoms with Crippen molar-refractivity contribution in [1.29, 1.82) is 0 Å². The van der Waals surface area contributed by atoms with Crippen LogP contribution in [0.1, 0.15) is 37.8 Å². The Morgan fingerprint density at radius 1 is 1.02 bits per heavy atom. The lowest BCUT2D eigenvalue weighted by Gasteiger charge is -2.23. The first kappa shape index (κ1) is 27.8. The molecule has 9 nitrogen and oxygen atoms in total. The topological polar surface area (TPSA) is 118 Å². The van der Waals surface area contributed by atoms with E-state index in [-0.39, 0.29) is 17.7 Å². The first-order chi connectivity index (χ1) is 19.2. The van der Waals surface area contributed by atoms with Crippen molar-refractivity contribution in [3.05, 3.63) is 66.0 Å². The molecule has 5 rings (SSSR count). The Bertz CT molecular complexity index is 1620. The van der Waals surface area contributed by atoms with Gasteiger partial charge in [-0.25, -0.2) is 23.4 Å². The number of piperidine rings is 1. The zero-order valence-electron chi connectivity index (χ0n) is 23.4. The van der Waals surface area contributed by atoms with Crippen molar-refractivity contribution in [3.8, 4) is 22.9 Å². The molecule has 210 valence electrons. The molecule has 4 aromatic rings. The quantitative estimate of drug-likeness (QED) is 0.240. The van der Waals surface area contributed by atoms with E-state index in [4.69, 9.17) is 9.72 Å². The summed E-state index contributed by atoms with van der Waals surface area (Å²) in [5.41, 5.74) is 3.73. The van der Waals surface area contributed by atoms with Crippen LogP contribution >= 0.6 is 0 Å². The van der Waals surface area contributed by atoms with Crippen molar-refractivity contribution in [1.82, 2.24) is 20.3 Å². The van der Waals surface area contributed by atoms with Gasteiger partial charge in [0.15, 0.2) is 0 Å². The Labute approximate surface area is 235 Å². The highest BCUT2D eigenvalue weighted by atomic mass is 32.2. The van der Waals surface area contributed by atoms with E-state index in [0.29, 0.717) is 29.0 Å². The molecule has 3 heterocycles. The highest BCUT2D eigenvalue weighted by molar-refractivity contribution is 7.92. The molecule has 1 fully saturated rings. The summed E-state index contributed by atoms with van der Waals surface area (Å²) in [6.07, 6.45) is 5.60. The minimum atomic E-state index is -3.51. The van der Waals surface area contributed by atoms with Crippen LogP contribution in [0.25, 0.3) is 22.0 Å². The Balaban J connectivity index is 1.50. The number of fused-ring (bicyclic) bond motifs is 1. The van der Waals surface area contributed by atoms with E-state index in [0.717, 1.165) is 53.4 Å². The van der Waals surface area contributed by atoms with Gasteiger partial charge in [0.05, 0.1) is 22.7 Å². The Morgan fingerprint density at radius 2 is 1.82 bits per heavy atom. The van der Waals surface area contributed by atoms with Crippen LogP contribution in [0, 0.1) is 19.8 Å². The van der Waals surface area contributed by atoms with E-state index >= 15 is 0 Å². The number of ether oxygens (including phenoxy) is 1. The summed E-state index contributed by atoms with van der Waals surface area (Å²) in [4.78, 5) is 13.7. The molecule has 1 saturated heterocycles. The van der Waals surface area contributed by atoms with Crippen LogP contribution in [0.15, 0.2) is 54.9 Å². The third kappa shape index (κ3) is 6.34. The van der Waals surface area contributed by atoms with Gasteiger partial charge in [0, 0.05) is 35.8 Å². The van der Waals surface area contributed by atoms with Gasteiger partial charge in [0.25, 0.3) is 0 Å². The molecule has 40 heavy (non-hydrogen) atoms. The first-order valence-corrected chi connectivity index (χ1v) is 15.3. The van der Waals surface area contributed by atoms with Crippen LogP contribution in [-0.4, -0.2) is 48.3 Å². The van der Waals surface area contributed by atoms with Crippen molar-refractivity contribution in [2.45, 2.75) is 46.6 Å². The molecule has 3 N–H and O–H groups in total. The summed E-state index contributed by atoms with van der Waals surface area (Å²) in [6.45, 7) is 9.55. The summed E-state index contributed by atoms with van der Waals surface area (Å²) in [5, 5.41) is 8.39. The minimum absolute atomic E-state index is 0.00772. The predicted octanol–water partition coefficient (Wildman–Crippen LogP) is 5.66. The van der Waals surface area contributed by atoms with Gasteiger partial charge in [-0.1, -0.05) is 38.1 Å². The van der Waals surface area contributed by atoms with Crippen molar-refractivity contribution >= 4 is 32.4 Å². The number of hydrogen-bond donors (Lipinski definition) is 3. The lowest BCUT2D eigenvalue weighted by Crippen LogP contribution is -2.38. The summed E-state index contributed by atoms with van der Waals surface area (Å²) < 4.78 is 35.0. The number of hydrogen-bond acceptors (Lipinski definition) is 8. The fraction of sp³-hybridized carbons (Fsp3) is 0.367. The molecule has 1 unspecified atom stereocenters. The SMILES string of the molecule is Cc1ccc2c(Oc3ncccc3-c3ccnc(NC4CCCNC4)n3)c(C)ccc2c1NS(=O)(=O)CC(C)C. The molecule has 1 aliphatic heterocycles.